The summed E-state index contributed by atoms with van der Waals surface area (Å²) in [5.41, 5.74) is 10.3. The van der Waals surface area contributed by atoms with Crippen LogP contribution in [0, 0.1) is 18.3 Å². The summed E-state index contributed by atoms with van der Waals surface area (Å²) in [6, 6.07) is 11.3. The summed E-state index contributed by atoms with van der Waals surface area (Å²) in [4.78, 5) is 4.57. The number of nitrogen functional groups attached to an aromatic ring is 1. The normalized spacial score (nSPS) is 10.7. The fourth-order valence-electron chi connectivity index (χ4n) is 2.09. The fourth-order valence-corrected chi connectivity index (χ4v) is 2.41. The maximum atomic E-state index is 8.83. The molecule has 4 nitrogen and oxygen atoms in total. The minimum atomic E-state index is 0.588. The van der Waals surface area contributed by atoms with Crippen LogP contribution in [0.3, 0.4) is 0 Å². The molecule has 0 saturated carbocycles. The number of hydrogen-bond donors (Lipinski definition) is 1. The second kappa shape index (κ2) is 4.66. The molecule has 2 aromatic heterocycles. The summed E-state index contributed by atoms with van der Waals surface area (Å²) >= 11 is 3.49. The molecule has 0 amide bonds. The van der Waals surface area contributed by atoms with Gasteiger partial charge in [-0.15, -0.1) is 0 Å². The Morgan fingerprint density at radius 2 is 2.00 bits per heavy atom. The highest BCUT2D eigenvalue weighted by molar-refractivity contribution is 9.10. The Morgan fingerprint density at radius 1 is 1.30 bits per heavy atom. The van der Waals surface area contributed by atoms with Crippen molar-refractivity contribution in [3.63, 3.8) is 0 Å². The van der Waals surface area contributed by atoms with Gasteiger partial charge in [0.1, 0.15) is 17.2 Å². The number of fused-ring (bicyclic) bond motifs is 1. The minimum Gasteiger partial charge on any atom is -0.383 e. The third kappa shape index (κ3) is 1.95. The monoisotopic (exact) mass is 326 g/mol. The summed E-state index contributed by atoms with van der Waals surface area (Å²) in [6.07, 6.45) is 1.92. The van der Waals surface area contributed by atoms with E-state index < -0.39 is 0 Å². The van der Waals surface area contributed by atoms with E-state index in [0.29, 0.717) is 11.4 Å². The Labute approximate surface area is 124 Å². The van der Waals surface area contributed by atoms with E-state index in [2.05, 4.69) is 27.0 Å². The Morgan fingerprint density at radius 3 is 2.65 bits per heavy atom. The molecule has 3 aromatic rings. The molecular formula is C15H11BrN4. The van der Waals surface area contributed by atoms with E-state index in [1.54, 1.807) is 12.1 Å². The van der Waals surface area contributed by atoms with Crippen molar-refractivity contribution in [2.45, 2.75) is 6.92 Å². The quantitative estimate of drug-likeness (QED) is 0.743. The number of rotatable bonds is 1. The van der Waals surface area contributed by atoms with Gasteiger partial charge in [0.15, 0.2) is 0 Å². The molecule has 0 aliphatic rings. The van der Waals surface area contributed by atoms with E-state index in [1.165, 1.54) is 0 Å². The van der Waals surface area contributed by atoms with Crippen LogP contribution in [0.1, 0.15) is 11.1 Å². The molecule has 5 heteroatoms. The summed E-state index contributed by atoms with van der Waals surface area (Å²) in [6.45, 7) is 2.01. The number of halogens is 1. The van der Waals surface area contributed by atoms with Gasteiger partial charge in [0.25, 0.3) is 0 Å². The van der Waals surface area contributed by atoms with Gasteiger partial charge < -0.3 is 5.73 Å². The van der Waals surface area contributed by atoms with E-state index >= 15 is 0 Å². The lowest BCUT2D eigenvalue weighted by molar-refractivity contribution is 1.16. The Hall–Kier alpha value is -2.32. The van der Waals surface area contributed by atoms with Crippen molar-refractivity contribution in [1.29, 1.82) is 5.26 Å². The molecule has 0 bridgehead atoms. The first kappa shape index (κ1) is 12.7. The summed E-state index contributed by atoms with van der Waals surface area (Å²) in [5.74, 6) is 0.588. The zero-order chi connectivity index (χ0) is 14.3. The maximum absolute atomic E-state index is 8.83. The smallest absolute Gasteiger partial charge is 0.139 e. The van der Waals surface area contributed by atoms with Crippen molar-refractivity contribution in [3.05, 3.63) is 52.1 Å². The van der Waals surface area contributed by atoms with Crippen LogP contribution in [-0.4, -0.2) is 9.38 Å². The SMILES string of the molecule is Cc1cc2nc(-c3ccc(C#N)cc3)c(N)n2cc1Br. The van der Waals surface area contributed by atoms with Gasteiger partial charge in [-0.3, -0.25) is 4.40 Å². The second-order valence-corrected chi connectivity index (χ2v) is 5.42. The maximum Gasteiger partial charge on any atom is 0.139 e. The van der Waals surface area contributed by atoms with E-state index in [4.69, 9.17) is 11.0 Å². The lowest BCUT2D eigenvalue weighted by Crippen LogP contribution is -1.95. The molecule has 20 heavy (non-hydrogen) atoms. The number of aromatic nitrogens is 2. The molecule has 0 spiro atoms. The molecule has 3 rings (SSSR count). The zero-order valence-electron chi connectivity index (χ0n) is 10.8. The molecule has 0 atom stereocenters. The number of pyridine rings is 1. The van der Waals surface area contributed by atoms with Gasteiger partial charge >= 0.3 is 0 Å². The van der Waals surface area contributed by atoms with Crippen LogP contribution in [0.15, 0.2) is 41.0 Å². The molecule has 0 unspecified atom stereocenters. The molecule has 98 valence electrons. The molecule has 0 aliphatic heterocycles. The predicted octanol–water partition coefficient (Wildman–Crippen LogP) is 3.53. The highest BCUT2D eigenvalue weighted by atomic mass is 79.9. The number of nitriles is 1. The number of benzene rings is 1. The molecular weight excluding hydrogens is 316 g/mol. The number of aryl methyl sites for hydroxylation is 1. The van der Waals surface area contributed by atoms with Crippen molar-refractivity contribution < 1.29 is 0 Å². The Bertz CT molecular complexity index is 841. The highest BCUT2D eigenvalue weighted by Gasteiger charge is 2.12. The summed E-state index contributed by atoms with van der Waals surface area (Å²) in [5, 5.41) is 8.83. The lowest BCUT2D eigenvalue weighted by atomic mass is 10.1. The third-order valence-corrected chi connectivity index (χ3v) is 4.06. The van der Waals surface area contributed by atoms with Crippen LogP contribution in [0.4, 0.5) is 5.82 Å². The summed E-state index contributed by atoms with van der Waals surface area (Å²) < 4.78 is 2.84. The molecule has 0 saturated heterocycles. The highest BCUT2D eigenvalue weighted by Crippen LogP contribution is 2.28. The molecule has 1 aromatic carbocycles. The van der Waals surface area contributed by atoms with Crippen LogP contribution >= 0.6 is 15.9 Å². The van der Waals surface area contributed by atoms with Crippen molar-refractivity contribution in [2.24, 2.45) is 0 Å². The molecule has 0 fully saturated rings. The standard InChI is InChI=1S/C15H11BrN4/c1-9-6-13-19-14(15(18)20(13)8-12(9)16)11-4-2-10(7-17)3-5-11/h2-6,8H,18H2,1H3. The van der Waals surface area contributed by atoms with Gasteiger partial charge in [-0.05, 0) is 46.6 Å². The Kier molecular flexibility index (Phi) is 2.96. The summed E-state index contributed by atoms with van der Waals surface area (Å²) in [7, 11) is 0. The average Bonchev–Trinajstić information content (AvgIpc) is 2.77. The number of imidazole rings is 1. The number of hydrogen-bond acceptors (Lipinski definition) is 3. The first-order valence-corrected chi connectivity index (χ1v) is 6.83. The fraction of sp³-hybridized carbons (Fsp3) is 0.0667. The van der Waals surface area contributed by atoms with E-state index in [1.807, 2.05) is 35.7 Å². The third-order valence-electron chi connectivity index (χ3n) is 3.23. The van der Waals surface area contributed by atoms with Gasteiger partial charge in [0.2, 0.25) is 0 Å². The van der Waals surface area contributed by atoms with Crippen molar-refractivity contribution in [3.8, 4) is 17.3 Å². The average molecular weight is 327 g/mol. The van der Waals surface area contributed by atoms with Gasteiger partial charge in [0.05, 0.1) is 11.6 Å². The number of nitrogens with two attached hydrogens (primary N) is 1. The second-order valence-electron chi connectivity index (χ2n) is 4.57. The Balaban J connectivity index is 2.21. The number of nitrogens with zero attached hydrogens (tertiary/aromatic N) is 3. The van der Waals surface area contributed by atoms with E-state index in [0.717, 1.165) is 26.9 Å². The van der Waals surface area contributed by atoms with Gasteiger partial charge in [-0.25, -0.2) is 4.98 Å². The molecule has 2 heterocycles. The van der Waals surface area contributed by atoms with Gasteiger partial charge in [-0.1, -0.05) is 12.1 Å². The van der Waals surface area contributed by atoms with Gasteiger partial charge in [0, 0.05) is 16.2 Å². The molecule has 0 aliphatic carbocycles. The van der Waals surface area contributed by atoms with Crippen molar-refractivity contribution in [1.82, 2.24) is 9.38 Å². The van der Waals surface area contributed by atoms with Crippen LogP contribution in [-0.2, 0) is 0 Å². The van der Waals surface area contributed by atoms with Crippen LogP contribution in [0.2, 0.25) is 0 Å². The van der Waals surface area contributed by atoms with E-state index in [9.17, 15) is 0 Å². The lowest BCUT2D eigenvalue weighted by Gasteiger charge is -2.01. The van der Waals surface area contributed by atoms with Gasteiger partial charge in [-0.2, -0.15) is 5.26 Å². The molecule has 2 N–H and O–H groups in total. The van der Waals surface area contributed by atoms with Crippen LogP contribution in [0.5, 0.6) is 0 Å². The first-order chi connectivity index (χ1) is 9.60. The van der Waals surface area contributed by atoms with Crippen LogP contribution < -0.4 is 5.73 Å². The first-order valence-electron chi connectivity index (χ1n) is 6.04. The molecule has 0 radical (unpaired) electrons. The minimum absolute atomic E-state index is 0.588. The zero-order valence-corrected chi connectivity index (χ0v) is 12.3. The van der Waals surface area contributed by atoms with E-state index in [-0.39, 0.29) is 0 Å². The number of anilines is 1. The topological polar surface area (TPSA) is 67.1 Å². The van der Waals surface area contributed by atoms with Crippen LogP contribution in [0.25, 0.3) is 16.9 Å². The largest absolute Gasteiger partial charge is 0.383 e. The predicted molar refractivity (Wildman–Crippen MR) is 82.2 cm³/mol. The van der Waals surface area contributed by atoms with Crippen molar-refractivity contribution in [2.75, 3.05) is 5.73 Å². The van der Waals surface area contributed by atoms with Crippen molar-refractivity contribution >= 4 is 27.4 Å².